The van der Waals surface area contributed by atoms with Crippen LogP contribution < -0.4 is 10.5 Å². The molecule has 154 valence electrons. The zero-order valence-electron chi connectivity index (χ0n) is 17.4. The fraction of sp³-hybridized carbons (Fsp3) is 0.348. The lowest BCUT2D eigenvalue weighted by Gasteiger charge is -2.36. The van der Waals surface area contributed by atoms with E-state index in [0.29, 0.717) is 6.42 Å². The highest BCUT2D eigenvalue weighted by Gasteiger charge is 2.18. The average molecular weight is 403 g/mol. The van der Waals surface area contributed by atoms with Gasteiger partial charge in [0, 0.05) is 50.7 Å². The van der Waals surface area contributed by atoms with Gasteiger partial charge in [-0.25, -0.2) is 4.98 Å². The SMILES string of the molecule is CCc1cc2ncc(CN3CCN(c4ccc5cnc(C)n5c4)CC3)cc2[nH]c1=O. The number of hydrogen-bond acceptors (Lipinski definition) is 5. The second kappa shape index (κ2) is 7.57. The van der Waals surface area contributed by atoms with E-state index in [4.69, 9.17) is 0 Å². The number of nitrogens with zero attached hydrogens (tertiary/aromatic N) is 5. The number of aromatic nitrogens is 4. The molecule has 30 heavy (non-hydrogen) atoms. The molecule has 0 aromatic carbocycles. The molecule has 1 fully saturated rings. The topological polar surface area (TPSA) is 69.5 Å². The zero-order valence-corrected chi connectivity index (χ0v) is 17.4. The number of H-pyrrole nitrogens is 1. The maximum Gasteiger partial charge on any atom is 0.251 e. The minimum Gasteiger partial charge on any atom is -0.368 e. The molecule has 0 saturated carbocycles. The molecule has 0 unspecified atom stereocenters. The third kappa shape index (κ3) is 3.45. The molecule has 5 heterocycles. The van der Waals surface area contributed by atoms with E-state index in [9.17, 15) is 4.79 Å². The molecule has 1 aliphatic heterocycles. The molecule has 7 nitrogen and oxygen atoms in total. The van der Waals surface area contributed by atoms with E-state index in [0.717, 1.165) is 66.2 Å². The second-order valence-corrected chi connectivity index (χ2v) is 8.00. The third-order valence-corrected chi connectivity index (χ3v) is 6.05. The van der Waals surface area contributed by atoms with Crippen molar-refractivity contribution in [1.29, 1.82) is 0 Å². The fourth-order valence-electron chi connectivity index (χ4n) is 4.23. The summed E-state index contributed by atoms with van der Waals surface area (Å²) in [7, 11) is 0. The van der Waals surface area contributed by atoms with E-state index in [-0.39, 0.29) is 5.56 Å². The standard InChI is InChI=1S/C23H26N6O/c1-3-18-11-21-22(26-23(18)30)10-17(12-25-21)14-27-6-8-28(9-7-27)20-5-4-19-13-24-16(2)29(19)15-20/h4-5,10-13,15H,3,6-9,14H2,1-2H3,(H,26,30). The highest BCUT2D eigenvalue weighted by atomic mass is 16.1. The lowest BCUT2D eigenvalue weighted by Crippen LogP contribution is -2.46. The molecule has 1 saturated heterocycles. The number of piperazine rings is 1. The van der Waals surface area contributed by atoms with Gasteiger partial charge in [0.25, 0.3) is 5.56 Å². The molecular formula is C23H26N6O. The number of aromatic amines is 1. The van der Waals surface area contributed by atoms with Crippen LogP contribution in [-0.4, -0.2) is 50.4 Å². The minimum absolute atomic E-state index is 0.0114. The van der Waals surface area contributed by atoms with Gasteiger partial charge in [-0.2, -0.15) is 0 Å². The number of hydrogen-bond donors (Lipinski definition) is 1. The van der Waals surface area contributed by atoms with Crippen molar-refractivity contribution in [2.45, 2.75) is 26.8 Å². The van der Waals surface area contributed by atoms with E-state index in [1.807, 2.05) is 32.3 Å². The van der Waals surface area contributed by atoms with Crippen LogP contribution in [0.5, 0.6) is 0 Å². The Morgan fingerprint density at radius 3 is 2.70 bits per heavy atom. The van der Waals surface area contributed by atoms with Crippen molar-refractivity contribution in [3.05, 3.63) is 70.2 Å². The van der Waals surface area contributed by atoms with Crippen LogP contribution in [0.25, 0.3) is 16.6 Å². The summed E-state index contributed by atoms with van der Waals surface area (Å²) in [5.74, 6) is 1.01. The summed E-state index contributed by atoms with van der Waals surface area (Å²) in [6.45, 7) is 8.80. The molecule has 4 aromatic rings. The molecule has 7 heteroatoms. The fourth-order valence-corrected chi connectivity index (χ4v) is 4.23. The average Bonchev–Trinajstić information content (AvgIpc) is 3.14. The number of aryl methyl sites for hydroxylation is 2. The Hall–Kier alpha value is -3.19. The minimum atomic E-state index is -0.0114. The lowest BCUT2D eigenvalue weighted by molar-refractivity contribution is 0.249. The molecule has 1 aliphatic rings. The number of fused-ring (bicyclic) bond motifs is 2. The van der Waals surface area contributed by atoms with Gasteiger partial charge in [0.2, 0.25) is 0 Å². The molecule has 4 aromatic heterocycles. The van der Waals surface area contributed by atoms with Crippen LogP contribution in [0.15, 0.2) is 47.7 Å². The number of imidazole rings is 1. The van der Waals surface area contributed by atoms with E-state index < -0.39 is 0 Å². The molecule has 0 atom stereocenters. The molecule has 0 aliphatic carbocycles. The summed E-state index contributed by atoms with van der Waals surface area (Å²) in [5.41, 5.74) is 5.93. The number of nitrogens with one attached hydrogen (secondary N) is 1. The van der Waals surface area contributed by atoms with Crippen molar-refractivity contribution in [3.63, 3.8) is 0 Å². The van der Waals surface area contributed by atoms with Crippen LogP contribution in [0, 0.1) is 6.92 Å². The van der Waals surface area contributed by atoms with Crippen LogP contribution in [0.4, 0.5) is 5.69 Å². The van der Waals surface area contributed by atoms with E-state index >= 15 is 0 Å². The van der Waals surface area contributed by atoms with Crippen molar-refractivity contribution in [1.82, 2.24) is 24.3 Å². The van der Waals surface area contributed by atoms with Gasteiger partial charge in [-0.3, -0.25) is 14.7 Å². The molecule has 0 bridgehead atoms. The Morgan fingerprint density at radius 1 is 1.07 bits per heavy atom. The van der Waals surface area contributed by atoms with Gasteiger partial charge >= 0.3 is 0 Å². The Bertz CT molecular complexity index is 1270. The van der Waals surface area contributed by atoms with Crippen LogP contribution in [0.3, 0.4) is 0 Å². The van der Waals surface area contributed by atoms with E-state index in [1.54, 1.807) is 0 Å². The first-order valence-corrected chi connectivity index (χ1v) is 10.5. The van der Waals surface area contributed by atoms with Crippen molar-refractivity contribution < 1.29 is 0 Å². The van der Waals surface area contributed by atoms with Gasteiger partial charge < -0.3 is 14.3 Å². The first-order valence-electron chi connectivity index (χ1n) is 10.5. The summed E-state index contributed by atoms with van der Waals surface area (Å²) < 4.78 is 2.15. The molecule has 5 rings (SSSR count). The maximum atomic E-state index is 12.1. The quantitative estimate of drug-likeness (QED) is 0.568. The van der Waals surface area contributed by atoms with E-state index in [1.165, 1.54) is 5.69 Å². The predicted octanol–water partition coefficient (Wildman–Crippen LogP) is 2.76. The summed E-state index contributed by atoms with van der Waals surface area (Å²) in [4.78, 5) is 28.9. The summed E-state index contributed by atoms with van der Waals surface area (Å²) in [6, 6.07) is 8.27. The predicted molar refractivity (Wildman–Crippen MR) is 119 cm³/mol. The first-order chi connectivity index (χ1) is 14.6. The monoisotopic (exact) mass is 402 g/mol. The zero-order chi connectivity index (χ0) is 20.7. The van der Waals surface area contributed by atoms with Crippen molar-refractivity contribution >= 4 is 22.2 Å². The Labute approximate surface area is 175 Å². The van der Waals surface area contributed by atoms with Crippen LogP contribution >= 0.6 is 0 Å². The van der Waals surface area contributed by atoms with Crippen LogP contribution in [0.1, 0.15) is 23.9 Å². The number of rotatable bonds is 4. The van der Waals surface area contributed by atoms with E-state index in [2.05, 4.69) is 53.5 Å². The molecule has 1 N–H and O–H groups in total. The normalized spacial score (nSPS) is 15.3. The molecule has 0 amide bonds. The highest BCUT2D eigenvalue weighted by molar-refractivity contribution is 5.74. The molecular weight excluding hydrogens is 376 g/mol. The van der Waals surface area contributed by atoms with Gasteiger partial charge in [-0.05, 0) is 43.2 Å². The van der Waals surface area contributed by atoms with Crippen LogP contribution in [0.2, 0.25) is 0 Å². The van der Waals surface area contributed by atoms with Gasteiger partial charge in [0.1, 0.15) is 5.82 Å². The summed E-state index contributed by atoms with van der Waals surface area (Å²) in [5, 5.41) is 0. The van der Waals surface area contributed by atoms with Gasteiger partial charge in [-0.1, -0.05) is 6.92 Å². The third-order valence-electron chi connectivity index (χ3n) is 6.05. The Morgan fingerprint density at radius 2 is 1.90 bits per heavy atom. The molecule has 0 radical (unpaired) electrons. The first kappa shape index (κ1) is 18.8. The number of anilines is 1. The van der Waals surface area contributed by atoms with Crippen molar-refractivity contribution in [2.75, 3.05) is 31.1 Å². The Balaban J connectivity index is 1.27. The van der Waals surface area contributed by atoms with Gasteiger partial charge in [-0.15, -0.1) is 0 Å². The second-order valence-electron chi connectivity index (χ2n) is 8.00. The lowest BCUT2D eigenvalue weighted by atomic mass is 10.1. The summed E-state index contributed by atoms with van der Waals surface area (Å²) in [6.07, 6.45) is 6.74. The van der Waals surface area contributed by atoms with Crippen LogP contribution in [-0.2, 0) is 13.0 Å². The van der Waals surface area contributed by atoms with Crippen molar-refractivity contribution in [2.24, 2.45) is 0 Å². The number of pyridine rings is 3. The van der Waals surface area contributed by atoms with Gasteiger partial charge in [0.05, 0.1) is 28.4 Å². The van der Waals surface area contributed by atoms with Gasteiger partial charge in [0.15, 0.2) is 0 Å². The summed E-state index contributed by atoms with van der Waals surface area (Å²) >= 11 is 0. The smallest absolute Gasteiger partial charge is 0.251 e. The maximum absolute atomic E-state index is 12.1. The highest BCUT2D eigenvalue weighted by Crippen LogP contribution is 2.20. The Kier molecular flexibility index (Phi) is 4.75. The largest absolute Gasteiger partial charge is 0.368 e. The van der Waals surface area contributed by atoms with Crippen molar-refractivity contribution in [3.8, 4) is 0 Å². The molecule has 0 spiro atoms.